The van der Waals surface area contributed by atoms with Crippen molar-refractivity contribution >= 4 is 16.6 Å². The van der Waals surface area contributed by atoms with E-state index in [4.69, 9.17) is 4.74 Å². The molecule has 5 rings (SSSR count). The van der Waals surface area contributed by atoms with Crippen molar-refractivity contribution in [3.8, 4) is 5.82 Å². The Bertz CT molecular complexity index is 1170. The molecular weight excluding hydrogens is 358 g/mol. The normalized spacial score (nSPS) is 19.1. The highest BCUT2D eigenvalue weighted by atomic mass is 16.5. The van der Waals surface area contributed by atoms with Gasteiger partial charge >= 0.3 is 0 Å². The van der Waals surface area contributed by atoms with E-state index >= 15 is 0 Å². The molecule has 0 saturated carbocycles. The predicted molar refractivity (Wildman–Crippen MR) is 102 cm³/mol. The summed E-state index contributed by atoms with van der Waals surface area (Å²) in [4.78, 5) is 12.5. The van der Waals surface area contributed by atoms with E-state index in [0.717, 1.165) is 10.8 Å². The molecule has 9 nitrogen and oxygen atoms in total. The first kappa shape index (κ1) is 16.6. The number of fused-ring (bicyclic) bond motifs is 1. The van der Waals surface area contributed by atoms with E-state index in [0.29, 0.717) is 24.8 Å². The van der Waals surface area contributed by atoms with Crippen LogP contribution in [0, 0.1) is 0 Å². The molecule has 9 heteroatoms. The molecule has 1 aromatic carbocycles. The molecule has 1 aliphatic heterocycles. The topological polar surface area (TPSA) is 99.8 Å². The molecule has 2 unspecified atom stereocenters. The van der Waals surface area contributed by atoms with Crippen LogP contribution in [0.1, 0.15) is 6.04 Å². The minimum atomic E-state index is -0.274. The Hall–Kier alpha value is -3.59. The molecule has 1 saturated heterocycles. The lowest BCUT2D eigenvalue weighted by molar-refractivity contribution is 0.182. The second-order valence-corrected chi connectivity index (χ2v) is 6.56. The van der Waals surface area contributed by atoms with Crippen molar-refractivity contribution in [2.75, 3.05) is 18.5 Å². The van der Waals surface area contributed by atoms with Gasteiger partial charge in [-0.25, -0.2) is 9.36 Å². The number of ether oxygens (including phenoxy) is 1. The Morgan fingerprint density at radius 1 is 1.11 bits per heavy atom. The fourth-order valence-electron chi connectivity index (χ4n) is 3.41. The summed E-state index contributed by atoms with van der Waals surface area (Å²) in [5.41, 5.74) is -0.192. The molecular formula is C19H17N7O2. The molecule has 140 valence electrons. The van der Waals surface area contributed by atoms with Crippen LogP contribution in [-0.2, 0) is 4.74 Å². The summed E-state index contributed by atoms with van der Waals surface area (Å²) in [6.07, 6.45) is 5.17. The first-order valence-corrected chi connectivity index (χ1v) is 8.94. The maximum atomic E-state index is 12.5. The van der Waals surface area contributed by atoms with Gasteiger partial charge in [0.1, 0.15) is 6.04 Å². The molecule has 0 aliphatic carbocycles. The highest BCUT2D eigenvalue weighted by molar-refractivity contribution is 5.90. The lowest BCUT2D eigenvalue weighted by Gasteiger charge is -2.21. The zero-order chi connectivity index (χ0) is 18.9. The minimum Gasteiger partial charge on any atom is -0.377 e. The molecule has 1 fully saturated rings. The van der Waals surface area contributed by atoms with E-state index in [1.165, 1.54) is 10.7 Å². The van der Waals surface area contributed by atoms with Gasteiger partial charge in [0.05, 0.1) is 25.5 Å². The van der Waals surface area contributed by atoms with Crippen molar-refractivity contribution < 1.29 is 4.74 Å². The van der Waals surface area contributed by atoms with Gasteiger partial charge in [-0.15, -0.1) is 10.2 Å². The van der Waals surface area contributed by atoms with E-state index in [1.54, 1.807) is 35.4 Å². The molecule has 28 heavy (non-hydrogen) atoms. The number of anilines is 1. The molecule has 0 radical (unpaired) electrons. The molecule has 1 aliphatic rings. The smallest absolute Gasteiger partial charge is 0.267 e. The highest BCUT2D eigenvalue weighted by Crippen LogP contribution is 2.25. The molecule has 3 aromatic heterocycles. The van der Waals surface area contributed by atoms with Crippen molar-refractivity contribution in [1.82, 2.24) is 29.8 Å². The average Bonchev–Trinajstić information content (AvgIpc) is 3.41. The largest absolute Gasteiger partial charge is 0.377 e. The molecule has 4 heterocycles. The number of hydrogen-bond donors (Lipinski definition) is 1. The Kier molecular flexibility index (Phi) is 4.06. The minimum absolute atomic E-state index is 0.168. The quantitative estimate of drug-likeness (QED) is 0.576. The van der Waals surface area contributed by atoms with Gasteiger partial charge in [-0.1, -0.05) is 24.3 Å². The molecule has 1 N–H and O–H groups in total. The third-order valence-electron chi connectivity index (χ3n) is 4.81. The number of nitrogens with one attached hydrogen (secondary N) is 1. The van der Waals surface area contributed by atoms with Crippen LogP contribution in [0.25, 0.3) is 16.6 Å². The molecule has 0 bridgehead atoms. The first-order chi connectivity index (χ1) is 13.8. The highest BCUT2D eigenvalue weighted by Gasteiger charge is 2.32. The lowest BCUT2D eigenvalue weighted by atomic mass is 10.1. The van der Waals surface area contributed by atoms with Gasteiger partial charge in [0.15, 0.2) is 11.6 Å². The Morgan fingerprint density at radius 3 is 2.93 bits per heavy atom. The van der Waals surface area contributed by atoms with Crippen molar-refractivity contribution in [3.05, 3.63) is 71.4 Å². The van der Waals surface area contributed by atoms with E-state index in [9.17, 15) is 4.79 Å². The van der Waals surface area contributed by atoms with Gasteiger partial charge in [-0.3, -0.25) is 4.79 Å². The maximum Gasteiger partial charge on any atom is 0.267 e. The number of rotatable bonds is 4. The summed E-state index contributed by atoms with van der Waals surface area (Å²) in [7, 11) is 0. The molecule has 2 atom stereocenters. The van der Waals surface area contributed by atoms with Gasteiger partial charge in [-0.05, 0) is 12.1 Å². The summed E-state index contributed by atoms with van der Waals surface area (Å²) < 4.78 is 8.74. The van der Waals surface area contributed by atoms with Crippen molar-refractivity contribution in [3.63, 3.8) is 0 Å². The summed E-state index contributed by atoms with van der Waals surface area (Å²) >= 11 is 0. The van der Waals surface area contributed by atoms with Gasteiger partial charge < -0.3 is 10.1 Å². The van der Waals surface area contributed by atoms with Crippen LogP contribution in [0.3, 0.4) is 0 Å². The van der Waals surface area contributed by atoms with Crippen molar-refractivity contribution in [1.29, 1.82) is 0 Å². The zero-order valence-corrected chi connectivity index (χ0v) is 14.8. The molecule has 0 spiro atoms. The van der Waals surface area contributed by atoms with E-state index in [2.05, 4.69) is 25.7 Å². The maximum absolute atomic E-state index is 12.5. The zero-order valence-electron chi connectivity index (χ0n) is 14.8. The third-order valence-corrected chi connectivity index (χ3v) is 4.81. The van der Waals surface area contributed by atoms with Crippen LogP contribution >= 0.6 is 0 Å². The Morgan fingerprint density at radius 2 is 2.04 bits per heavy atom. The number of nitrogens with zero attached hydrogens (tertiary/aromatic N) is 6. The van der Waals surface area contributed by atoms with Crippen LogP contribution in [0.2, 0.25) is 0 Å². The number of benzene rings is 1. The van der Waals surface area contributed by atoms with Crippen molar-refractivity contribution in [2.24, 2.45) is 0 Å². The standard InChI is InChI=1S/C19H17N7O2/c27-18-7-6-17(25-9-3-8-21-25)24-26(18)16-12-28-11-15(16)22-19-14-5-2-1-4-13(14)10-20-23-19/h1-10,15-16H,11-12H2,(H,22,23). The fourth-order valence-corrected chi connectivity index (χ4v) is 3.41. The summed E-state index contributed by atoms with van der Waals surface area (Å²) in [6, 6.07) is 12.4. The second kappa shape index (κ2) is 6.86. The first-order valence-electron chi connectivity index (χ1n) is 8.94. The fraction of sp³-hybridized carbons (Fsp3) is 0.211. The summed E-state index contributed by atoms with van der Waals surface area (Å²) in [5, 5.41) is 22.3. The number of hydrogen-bond acceptors (Lipinski definition) is 7. The van der Waals surface area contributed by atoms with Crippen LogP contribution in [0.4, 0.5) is 5.82 Å². The van der Waals surface area contributed by atoms with E-state index in [1.807, 2.05) is 24.3 Å². The average molecular weight is 375 g/mol. The van der Waals surface area contributed by atoms with Gasteiger partial charge in [0.2, 0.25) is 0 Å². The van der Waals surface area contributed by atoms with Gasteiger partial charge in [0, 0.05) is 29.2 Å². The monoisotopic (exact) mass is 375 g/mol. The van der Waals surface area contributed by atoms with Crippen LogP contribution in [-0.4, -0.2) is 49.0 Å². The van der Waals surface area contributed by atoms with E-state index in [-0.39, 0.29) is 17.6 Å². The Balaban J connectivity index is 1.49. The molecule has 0 amide bonds. The van der Waals surface area contributed by atoms with E-state index < -0.39 is 0 Å². The lowest BCUT2D eigenvalue weighted by Crippen LogP contribution is -2.37. The summed E-state index contributed by atoms with van der Waals surface area (Å²) in [5.74, 6) is 1.23. The third kappa shape index (κ3) is 2.91. The predicted octanol–water partition coefficient (Wildman–Crippen LogP) is 1.42. The van der Waals surface area contributed by atoms with Gasteiger partial charge in [0.25, 0.3) is 5.56 Å². The van der Waals surface area contributed by atoms with Gasteiger partial charge in [-0.2, -0.15) is 10.2 Å². The van der Waals surface area contributed by atoms with Crippen LogP contribution < -0.4 is 10.9 Å². The molecule has 4 aromatic rings. The summed E-state index contributed by atoms with van der Waals surface area (Å²) in [6.45, 7) is 0.820. The van der Waals surface area contributed by atoms with Crippen molar-refractivity contribution in [2.45, 2.75) is 12.1 Å². The van der Waals surface area contributed by atoms with Crippen LogP contribution in [0.15, 0.2) is 65.8 Å². The number of aromatic nitrogens is 6. The SMILES string of the molecule is O=c1ccc(-n2cccn2)nn1C1COCC1Nc1nncc2ccccc12. The van der Waals surface area contributed by atoms with Crippen LogP contribution in [0.5, 0.6) is 0 Å². The Labute approximate surface area is 159 Å². The second-order valence-electron chi connectivity index (χ2n) is 6.56.